The van der Waals surface area contributed by atoms with Crippen molar-refractivity contribution in [2.24, 2.45) is 0 Å². The monoisotopic (exact) mass is 236 g/mol. The molecule has 0 aliphatic rings. The Morgan fingerprint density at radius 3 is 2.35 bits per heavy atom. The molecule has 0 radical (unpaired) electrons. The van der Waals surface area contributed by atoms with E-state index in [0.717, 1.165) is 0 Å². The first-order valence-corrected chi connectivity index (χ1v) is 5.20. The number of carbonyl (C=O) groups is 2. The quantitative estimate of drug-likeness (QED) is 0.788. The van der Waals surface area contributed by atoms with E-state index >= 15 is 0 Å². The molecule has 0 atom stereocenters. The highest BCUT2D eigenvalue weighted by atomic mass is 16.5. The van der Waals surface area contributed by atoms with Crippen LogP contribution in [0, 0.1) is 0 Å². The van der Waals surface area contributed by atoms with Crippen LogP contribution in [0.4, 0.5) is 0 Å². The normalized spacial score (nSPS) is 10.8. The number of nitrogens with one attached hydrogen (secondary N) is 1. The molecule has 0 saturated heterocycles. The van der Waals surface area contributed by atoms with Gasteiger partial charge in [-0.05, 0) is 32.9 Å². The highest BCUT2D eigenvalue weighted by molar-refractivity contribution is 5.94. The van der Waals surface area contributed by atoms with E-state index < -0.39 is 5.97 Å². The van der Waals surface area contributed by atoms with Gasteiger partial charge in [0.05, 0.1) is 12.7 Å². The zero-order valence-corrected chi connectivity index (χ0v) is 10.4. The van der Waals surface area contributed by atoms with Crippen molar-refractivity contribution in [3.05, 3.63) is 29.6 Å². The third-order valence-corrected chi connectivity index (χ3v) is 1.91. The Labute approximate surface area is 100 Å². The number of rotatable bonds is 2. The van der Waals surface area contributed by atoms with E-state index in [1.165, 1.54) is 25.4 Å². The predicted octanol–water partition coefficient (Wildman–Crippen LogP) is 1.40. The van der Waals surface area contributed by atoms with Gasteiger partial charge in [-0.25, -0.2) is 4.79 Å². The topological polar surface area (TPSA) is 68.3 Å². The van der Waals surface area contributed by atoms with Gasteiger partial charge in [-0.3, -0.25) is 9.78 Å². The van der Waals surface area contributed by atoms with Crippen molar-refractivity contribution in [2.75, 3.05) is 7.11 Å². The van der Waals surface area contributed by atoms with E-state index in [2.05, 4.69) is 15.0 Å². The highest BCUT2D eigenvalue weighted by Crippen LogP contribution is 2.05. The lowest BCUT2D eigenvalue weighted by Crippen LogP contribution is -2.40. The van der Waals surface area contributed by atoms with Crippen LogP contribution in [-0.2, 0) is 4.74 Å². The summed E-state index contributed by atoms with van der Waals surface area (Å²) < 4.78 is 4.54. The summed E-state index contributed by atoms with van der Waals surface area (Å²) in [4.78, 5) is 26.8. The fourth-order valence-corrected chi connectivity index (χ4v) is 1.17. The number of pyridine rings is 1. The number of methoxy groups -OCH3 is 1. The summed E-state index contributed by atoms with van der Waals surface area (Å²) in [5, 5.41) is 2.78. The van der Waals surface area contributed by atoms with Gasteiger partial charge in [-0.15, -0.1) is 0 Å². The minimum atomic E-state index is -0.472. The molecule has 0 unspecified atom stereocenters. The first-order valence-electron chi connectivity index (χ1n) is 5.20. The maximum atomic E-state index is 11.7. The molecule has 0 aliphatic carbocycles. The summed E-state index contributed by atoms with van der Waals surface area (Å²) in [5.74, 6) is -0.741. The van der Waals surface area contributed by atoms with Gasteiger partial charge >= 0.3 is 5.97 Å². The molecular formula is C12H16N2O3. The SMILES string of the molecule is COC(=O)c1ccc(C(=O)NC(C)(C)C)nc1. The molecule has 5 nitrogen and oxygen atoms in total. The fourth-order valence-electron chi connectivity index (χ4n) is 1.17. The number of esters is 1. The molecule has 92 valence electrons. The molecule has 1 amide bonds. The van der Waals surface area contributed by atoms with Gasteiger partial charge < -0.3 is 10.1 Å². The summed E-state index contributed by atoms with van der Waals surface area (Å²) in [6.45, 7) is 5.65. The molecule has 0 saturated carbocycles. The summed E-state index contributed by atoms with van der Waals surface area (Å²) >= 11 is 0. The first-order chi connectivity index (χ1) is 7.83. The average molecular weight is 236 g/mol. The van der Waals surface area contributed by atoms with Crippen LogP contribution in [0.3, 0.4) is 0 Å². The molecule has 0 aliphatic heterocycles. The maximum absolute atomic E-state index is 11.7. The van der Waals surface area contributed by atoms with Crippen LogP contribution in [0.2, 0.25) is 0 Å². The average Bonchev–Trinajstić information content (AvgIpc) is 2.26. The zero-order valence-electron chi connectivity index (χ0n) is 10.4. The van der Waals surface area contributed by atoms with Gasteiger partial charge in [0.25, 0.3) is 5.91 Å². The number of amides is 1. The van der Waals surface area contributed by atoms with Crippen molar-refractivity contribution in [1.82, 2.24) is 10.3 Å². The molecule has 1 aromatic heterocycles. The fraction of sp³-hybridized carbons (Fsp3) is 0.417. The van der Waals surface area contributed by atoms with Crippen LogP contribution in [0.5, 0.6) is 0 Å². The predicted molar refractivity (Wildman–Crippen MR) is 62.8 cm³/mol. The van der Waals surface area contributed by atoms with E-state index in [0.29, 0.717) is 5.56 Å². The van der Waals surface area contributed by atoms with Crippen molar-refractivity contribution >= 4 is 11.9 Å². The molecule has 1 aromatic rings. The summed E-state index contributed by atoms with van der Waals surface area (Å²) in [6.07, 6.45) is 1.32. The first kappa shape index (κ1) is 13.2. The summed E-state index contributed by atoms with van der Waals surface area (Å²) in [7, 11) is 1.29. The third-order valence-electron chi connectivity index (χ3n) is 1.91. The van der Waals surface area contributed by atoms with Crippen LogP contribution >= 0.6 is 0 Å². The molecule has 0 bridgehead atoms. The number of nitrogens with zero attached hydrogens (tertiary/aromatic N) is 1. The minimum Gasteiger partial charge on any atom is -0.465 e. The van der Waals surface area contributed by atoms with Gasteiger partial charge in [0.1, 0.15) is 5.69 Å². The lowest BCUT2D eigenvalue weighted by Gasteiger charge is -2.20. The minimum absolute atomic E-state index is 0.270. The van der Waals surface area contributed by atoms with Crippen molar-refractivity contribution in [2.45, 2.75) is 26.3 Å². The molecule has 0 spiro atoms. The second-order valence-electron chi connectivity index (χ2n) is 4.63. The number of carbonyl (C=O) groups excluding carboxylic acids is 2. The summed E-state index contributed by atoms with van der Waals surface area (Å²) in [6, 6.07) is 3.00. The number of aromatic nitrogens is 1. The van der Waals surface area contributed by atoms with E-state index in [1.807, 2.05) is 20.8 Å². The summed E-state index contributed by atoms with van der Waals surface area (Å²) in [5.41, 5.74) is 0.271. The molecule has 5 heteroatoms. The third kappa shape index (κ3) is 3.86. The molecule has 0 aromatic carbocycles. The molecule has 1 rings (SSSR count). The van der Waals surface area contributed by atoms with Crippen molar-refractivity contribution in [3.63, 3.8) is 0 Å². The Morgan fingerprint density at radius 1 is 1.29 bits per heavy atom. The maximum Gasteiger partial charge on any atom is 0.339 e. The van der Waals surface area contributed by atoms with Gasteiger partial charge in [0.2, 0.25) is 0 Å². The van der Waals surface area contributed by atoms with Crippen molar-refractivity contribution in [3.8, 4) is 0 Å². The van der Waals surface area contributed by atoms with Crippen LogP contribution in [0.1, 0.15) is 41.6 Å². The molecule has 1 N–H and O–H groups in total. The highest BCUT2D eigenvalue weighted by Gasteiger charge is 2.16. The Morgan fingerprint density at radius 2 is 1.94 bits per heavy atom. The Balaban J connectivity index is 2.81. The number of ether oxygens (including phenoxy) is 1. The van der Waals surface area contributed by atoms with Gasteiger partial charge in [-0.1, -0.05) is 0 Å². The number of hydrogen-bond acceptors (Lipinski definition) is 4. The van der Waals surface area contributed by atoms with E-state index in [9.17, 15) is 9.59 Å². The van der Waals surface area contributed by atoms with Crippen LogP contribution < -0.4 is 5.32 Å². The lowest BCUT2D eigenvalue weighted by atomic mass is 10.1. The van der Waals surface area contributed by atoms with E-state index in [4.69, 9.17) is 0 Å². The molecule has 1 heterocycles. The number of hydrogen-bond donors (Lipinski definition) is 1. The standard InChI is InChI=1S/C12H16N2O3/c1-12(2,3)14-10(15)9-6-5-8(7-13-9)11(16)17-4/h5-7H,1-4H3,(H,14,15). The molecular weight excluding hydrogens is 220 g/mol. The second-order valence-corrected chi connectivity index (χ2v) is 4.63. The molecule has 17 heavy (non-hydrogen) atoms. The van der Waals surface area contributed by atoms with Gasteiger partial charge in [0.15, 0.2) is 0 Å². The van der Waals surface area contributed by atoms with Crippen molar-refractivity contribution < 1.29 is 14.3 Å². The van der Waals surface area contributed by atoms with Crippen molar-refractivity contribution in [1.29, 1.82) is 0 Å². The van der Waals surface area contributed by atoms with E-state index in [-0.39, 0.29) is 17.1 Å². The largest absolute Gasteiger partial charge is 0.465 e. The second kappa shape index (κ2) is 4.95. The van der Waals surface area contributed by atoms with Crippen LogP contribution in [0.25, 0.3) is 0 Å². The van der Waals surface area contributed by atoms with E-state index in [1.54, 1.807) is 0 Å². The van der Waals surface area contributed by atoms with Gasteiger partial charge in [-0.2, -0.15) is 0 Å². The van der Waals surface area contributed by atoms with Crippen LogP contribution in [0.15, 0.2) is 18.3 Å². The molecule has 0 fully saturated rings. The Kier molecular flexibility index (Phi) is 3.83. The smallest absolute Gasteiger partial charge is 0.339 e. The zero-order chi connectivity index (χ0) is 13.1. The Hall–Kier alpha value is -1.91. The lowest BCUT2D eigenvalue weighted by molar-refractivity contribution is 0.0599. The van der Waals surface area contributed by atoms with Crippen LogP contribution in [-0.4, -0.2) is 29.5 Å². The Bertz CT molecular complexity index is 418. The van der Waals surface area contributed by atoms with Gasteiger partial charge in [0, 0.05) is 11.7 Å².